The molecule has 1 fully saturated rings. The first kappa shape index (κ1) is 15.8. The SMILES string of the molecule is CC(C(=O)N1CCc2cccc(Br)c2C1)C1CNC1.Cl. The van der Waals surface area contributed by atoms with Crippen LogP contribution in [-0.4, -0.2) is 30.4 Å². The van der Waals surface area contributed by atoms with E-state index in [1.807, 2.05) is 4.90 Å². The second kappa shape index (κ2) is 6.46. The molecular formula is C15H20BrClN2O. The first-order valence-corrected chi connectivity index (χ1v) is 7.72. The molecule has 1 N–H and O–H groups in total. The summed E-state index contributed by atoms with van der Waals surface area (Å²) in [5.74, 6) is 0.978. The van der Waals surface area contributed by atoms with Crippen molar-refractivity contribution < 1.29 is 4.79 Å². The molecule has 3 nitrogen and oxygen atoms in total. The normalized spacial score (nSPS) is 19.6. The zero-order valence-electron chi connectivity index (χ0n) is 11.6. The zero-order chi connectivity index (χ0) is 13.4. The Bertz CT molecular complexity index is 505. The third kappa shape index (κ3) is 2.87. The minimum Gasteiger partial charge on any atom is -0.338 e. The first-order valence-electron chi connectivity index (χ1n) is 6.92. The molecule has 0 bridgehead atoms. The number of nitrogens with zero attached hydrogens (tertiary/aromatic N) is 1. The summed E-state index contributed by atoms with van der Waals surface area (Å²) >= 11 is 3.60. The lowest BCUT2D eigenvalue weighted by Crippen LogP contribution is -2.51. The molecule has 2 aliphatic heterocycles. The largest absolute Gasteiger partial charge is 0.338 e. The van der Waals surface area contributed by atoms with Gasteiger partial charge in [0.05, 0.1) is 0 Å². The van der Waals surface area contributed by atoms with E-state index in [1.165, 1.54) is 11.1 Å². The monoisotopic (exact) mass is 358 g/mol. The number of carbonyl (C=O) groups is 1. The molecule has 0 spiro atoms. The van der Waals surface area contributed by atoms with Crippen molar-refractivity contribution in [2.45, 2.75) is 19.9 Å². The molecule has 1 saturated heterocycles. The van der Waals surface area contributed by atoms with Crippen LogP contribution in [0.5, 0.6) is 0 Å². The van der Waals surface area contributed by atoms with Gasteiger partial charge in [-0.3, -0.25) is 4.79 Å². The lowest BCUT2D eigenvalue weighted by molar-refractivity contribution is -0.138. The van der Waals surface area contributed by atoms with Gasteiger partial charge in [0.25, 0.3) is 0 Å². The van der Waals surface area contributed by atoms with Crippen LogP contribution in [0.15, 0.2) is 22.7 Å². The highest BCUT2D eigenvalue weighted by Gasteiger charge is 2.33. The number of fused-ring (bicyclic) bond motifs is 1. The molecule has 1 atom stereocenters. The Hall–Kier alpha value is -0.580. The summed E-state index contributed by atoms with van der Waals surface area (Å²) in [4.78, 5) is 14.6. The van der Waals surface area contributed by atoms with E-state index in [1.54, 1.807) is 0 Å². The first-order chi connectivity index (χ1) is 9.16. The smallest absolute Gasteiger partial charge is 0.226 e. The molecule has 20 heavy (non-hydrogen) atoms. The van der Waals surface area contributed by atoms with Crippen molar-refractivity contribution in [1.82, 2.24) is 10.2 Å². The lowest BCUT2D eigenvalue weighted by Gasteiger charge is -2.37. The Balaban J connectivity index is 0.00000147. The Labute approximate surface area is 134 Å². The van der Waals surface area contributed by atoms with Crippen molar-refractivity contribution in [1.29, 1.82) is 0 Å². The molecule has 0 aliphatic carbocycles. The van der Waals surface area contributed by atoms with Gasteiger partial charge in [-0.15, -0.1) is 12.4 Å². The van der Waals surface area contributed by atoms with Gasteiger partial charge in [-0.2, -0.15) is 0 Å². The lowest BCUT2D eigenvalue weighted by atomic mass is 9.87. The molecule has 1 aromatic rings. The highest BCUT2D eigenvalue weighted by Crippen LogP contribution is 2.28. The number of benzene rings is 1. The zero-order valence-corrected chi connectivity index (χ0v) is 14.0. The van der Waals surface area contributed by atoms with E-state index in [0.717, 1.165) is 37.1 Å². The summed E-state index contributed by atoms with van der Waals surface area (Å²) in [5.41, 5.74) is 2.65. The topological polar surface area (TPSA) is 32.3 Å². The van der Waals surface area contributed by atoms with Crippen molar-refractivity contribution in [2.24, 2.45) is 11.8 Å². The number of hydrogen-bond acceptors (Lipinski definition) is 2. The summed E-state index contributed by atoms with van der Waals surface area (Å²) in [6.45, 7) is 5.65. The molecule has 1 aromatic carbocycles. The predicted octanol–water partition coefficient (Wildman–Crippen LogP) is 2.61. The van der Waals surface area contributed by atoms with E-state index in [9.17, 15) is 4.79 Å². The van der Waals surface area contributed by atoms with Gasteiger partial charge in [-0.05, 0) is 42.6 Å². The van der Waals surface area contributed by atoms with Gasteiger partial charge in [-0.1, -0.05) is 35.0 Å². The summed E-state index contributed by atoms with van der Waals surface area (Å²) < 4.78 is 1.13. The second-order valence-electron chi connectivity index (χ2n) is 5.59. The van der Waals surface area contributed by atoms with Crippen LogP contribution in [0.25, 0.3) is 0 Å². The summed E-state index contributed by atoms with van der Waals surface area (Å²) in [6.07, 6.45) is 0.968. The van der Waals surface area contributed by atoms with Crippen LogP contribution in [0.2, 0.25) is 0 Å². The maximum absolute atomic E-state index is 12.5. The van der Waals surface area contributed by atoms with Gasteiger partial charge >= 0.3 is 0 Å². The maximum Gasteiger partial charge on any atom is 0.226 e. The van der Waals surface area contributed by atoms with Gasteiger partial charge in [-0.25, -0.2) is 0 Å². The standard InChI is InChI=1S/C15H19BrN2O.ClH/c1-10(12-7-17-8-12)15(19)18-6-5-11-3-2-4-14(16)13(11)9-18;/h2-4,10,12,17H,5-9H2,1H3;1H. The fraction of sp³-hybridized carbons (Fsp3) is 0.533. The van der Waals surface area contributed by atoms with Gasteiger partial charge in [0.15, 0.2) is 0 Å². The van der Waals surface area contributed by atoms with Crippen molar-refractivity contribution >= 4 is 34.2 Å². The average molecular weight is 360 g/mol. The van der Waals surface area contributed by atoms with Crippen LogP contribution in [-0.2, 0) is 17.8 Å². The molecule has 1 amide bonds. The van der Waals surface area contributed by atoms with Crippen LogP contribution < -0.4 is 5.32 Å². The summed E-state index contributed by atoms with van der Waals surface area (Å²) in [7, 11) is 0. The number of hydrogen-bond donors (Lipinski definition) is 1. The average Bonchev–Trinajstić information content (AvgIpc) is 2.36. The number of rotatable bonds is 2. The number of amides is 1. The van der Waals surface area contributed by atoms with Crippen LogP contribution >= 0.6 is 28.3 Å². The molecule has 0 radical (unpaired) electrons. The quantitative estimate of drug-likeness (QED) is 0.880. The van der Waals surface area contributed by atoms with Crippen LogP contribution in [0, 0.1) is 11.8 Å². The van der Waals surface area contributed by atoms with Crippen molar-refractivity contribution in [2.75, 3.05) is 19.6 Å². The fourth-order valence-electron chi connectivity index (χ4n) is 2.88. The van der Waals surface area contributed by atoms with Crippen LogP contribution in [0.1, 0.15) is 18.1 Å². The van der Waals surface area contributed by atoms with Gasteiger partial charge in [0.2, 0.25) is 5.91 Å². The fourth-order valence-corrected chi connectivity index (χ4v) is 3.41. The molecule has 0 aromatic heterocycles. The van der Waals surface area contributed by atoms with Crippen LogP contribution in [0.4, 0.5) is 0 Å². The van der Waals surface area contributed by atoms with E-state index >= 15 is 0 Å². The molecular weight excluding hydrogens is 340 g/mol. The predicted molar refractivity (Wildman–Crippen MR) is 86.0 cm³/mol. The number of carbonyl (C=O) groups excluding carboxylic acids is 1. The summed E-state index contributed by atoms with van der Waals surface area (Å²) in [5, 5.41) is 3.25. The molecule has 0 saturated carbocycles. The highest BCUT2D eigenvalue weighted by atomic mass is 79.9. The summed E-state index contributed by atoms with van der Waals surface area (Å²) in [6, 6.07) is 6.30. The van der Waals surface area contributed by atoms with Crippen molar-refractivity contribution in [3.05, 3.63) is 33.8 Å². The molecule has 3 rings (SSSR count). The van der Waals surface area contributed by atoms with Gasteiger partial charge < -0.3 is 10.2 Å². The van der Waals surface area contributed by atoms with Gasteiger partial charge in [0.1, 0.15) is 0 Å². The minimum atomic E-state index is 0. The third-order valence-electron chi connectivity index (χ3n) is 4.44. The van der Waals surface area contributed by atoms with E-state index in [-0.39, 0.29) is 18.3 Å². The molecule has 2 aliphatic rings. The Morgan fingerprint density at radius 1 is 1.45 bits per heavy atom. The maximum atomic E-state index is 12.5. The van der Waals surface area contributed by atoms with E-state index < -0.39 is 0 Å². The van der Waals surface area contributed by atoms with E-state index in [2.05, 4.69) is 46.4 Å². The minimum absolute atomic E-state index is 0. The second-order valence-corrected chi connectivity index (χ2v) is 6.45. The molecule has 5 heteroatoms. The molecule has 2 heterocycles. The Morgan fingerprint density at radius 3 is 2.85 bits per heavy atom. The molecule has 1 unspecified atom stereocenters. The highest BCUT2D eigenvalue weighted by molar-refractivity contribution is 9.10. The van der Waals surface area contributed by atoms with E-state index in [0.29, 0.717) is 11.8 Å². The van der Waals surface area contributed by atoms with Gasteiger partial charge in [0, 0.05) is 23.5 Å². The van der Waals surface area contributed by atoms with E-state index in [4.69, 9.17) is 0 Å². The Kier molecular flexibility index (Phi) is 5.10. The number of nitrogens with one attached hydrogen (secondary N) is 1. The van der Waals surface area contributed by atoms with Crippen LogP contribution in [0.3, 0.4) is 0 Å². The number of halogens is 2. The molecule has 110 valence electrons. The van der Waals surface area contributed by atoms with Crippen molar-refractivity contribution in [3.8, 4) is 0 Å². The van der Waals surface area contributed by atoms with Crippen molar-refractivity contribution in [3.63, 3.8) is 0 Å². The Morgan fingerprint density at radius 2 is 2.20 bits per heavy atom. The third-order valence-corrected chi connectivity index (χ3v) is 5.18.